The Balaban J connectivity index is 1.72. The highest BCUT2D eigenvalue weighted by Crippen LogP contribution is 2.31. The van der Waals surface area contributed by atoms with Crippen LogP contribution in [-0.4, -0.2) is 97.4 Å². The standard InChI is InChI=1S/C30H35FN4O6S/c1-19-16-35(20(2)18-36)30(38)26-13-23(21-8-6-9-22(12-21)29(37)33(3)4)15-32-28(26)41-27(19)17-34(5)42(39,40)25-11-7-10-24(31)14-25/h6-15,19-20,27,36H,16-18H2,1-5H3/t19-,20+,27-/m0/s1. The predicted octanol–water partition coefficient (Wildman–Crippen LogP) is 3.13. The molecule has 0 spiro atoms. The van der Waals surface area contributed by atoms with Crippen LogP contribution < -0.4 is 4.74 Å². The van der Waals surface area contributed by atoms with E-state index in [4.69, 9.17) is 4.74 Å². The van der Waals surface area contributed by atoms with Crippen molar-refractivity contribution >= 4 is 21.8 Å². The first-order chi connectivity index (χ1) is 19.8. The van der Waals surface area contributed by atoms with Crippen molar-refractivity contribution in [1.29, 1.82) is 0 Å². The average molecular weight is 599 g/mol. The van der Waals surface area contributed by atoms with Crippen molar-refractivity contribution in [3.05, 3.63) is 77.7 Å². The third kappa shape index (κ3) is 6.45. The van der Waals surface area contributed by atoms with E-state index in [9.17, 15) is 27.5 Å². The van der Waals surface area contributed by atoms with Crippen molar-refractivity contribution in [2.24, 2.45) is 5.92 Å². The zero-order chi connectivity index (χ0) is 30.8. The normalized spacial score (nSPS) is 18.1. The van der Waals surface area contributed by atoms with Crippen LogP contribution in [-0.2, 0) is 10.0 Å². The molecule has 10 nitrogen and oxygen atoms in total. The number of fused-ring (bicyclic) bond motifs is 1. The molecule has 2 aromatic carbocycles. The Morgan fingerprint density at radius 1 is 1.14 bits per heavy atom. The molecular formula is C30H35FN4O6S. The largest absolute Gasteiger partial charge is 0.472 e. The van der Waals surface area contributed by atoms with E-state index >= 15 is 0 Å². The van der Waals surface area contributed by atoms with Crippen LogP contribution in [0.5, 0.6) is 5.88 Å². The van der Waals surface area contributed by atoms with Crippen LogP contribution in [0.1, 0.15) is 34.6 Å². The number of halogens is 1. The number of benzene rings is 2. The maximum absolute atomic E-state index is 13.8. The zero-order valence-corrected chi connectivity index (χ0v) is 25.0. The number of likely N-dealkylation sites (N-methyl/N-ethyl adjacent to an activating group) is 1. The van der Waals surface area contributed by atoms with Crippen LogP contribution in [0.3, 0.4) is 0 Å². The van der Waals surface area contributed by atoms with E-state index in [1.807, 2.05) is 6.92 Å². The minimum absolute atomic E-state index is 0.0208. The molecule has 1 aliphatic rings. The van der Waals surface area contributed by atoms with Crippen LogP contribution in [0.15, 0.2) is 65.7 Å². The van der Waals surface area contributed by atoms with Crippen LogP contribution >= 0.6 is 0 Å². The lowest BCUT2D eigenvalue weighted by Gasteiger charge is -2.37. The van der Waals surface area contributed by atoms with Gasteiger partial charge in [-0.25, -0.2) is 17.8 Å². The monoisotopic (exact) mass is 598 g/mol. The Morgan fingerprint density at radius 3 is 2.52 bits per heavy atom. The van der Waals surface area contributed by atoms with Crippen molar-refractivity contribution in [2.75, 3.05) is 40.8 Å². The van der Waals surface area contributed by atoms with Crippen LogP contribution in [0.25, 0.3) is 11.1 Å². The molecule has 3 atom stereocenters. The lowest BCUT2D eigenvalue weighted by atomic mass is 9.99. The Bertz CT molecular complexity index is 1580. The summed E-state index contributed by atoms with van der Waals surface area (Å²) >= 11 is 0. The third-order valence-corrected chi connectivity index (χ3v) is 9.13. The highest BCUT2D eigenvalue weighted by atomic mass is 32.2. The summed E-state index contributed by atoms with van der Waals surface area (Å²) in [6.07, 6.45) is 0.791. The second-order valence-corrected chi connectivity index (χ2v) is 12.8. The molecular weight excluding hydrogens is 563 g/mol. The van der Waals surface area contributed by atoms with Gasteiger partial charge >= 0.3 is 0 Å². The number of sulfonamides is 1. The molecule has 12 heteroatoms. The molecule has 2 amide bonds. The maximum Gasteiger partial charge on any atom is 0.259 e. The van der Waals surface area contributed by atoms with E-state index in [1.165, 1.54) is 41.2 Å². The predicted molar refractivity (Wildman–Crippen MR) is 155 cm³/mol. The Labute approximate surface area is 245 Å². The van der Waals surface area contributed by atoms with E-state index in [1.54, 1.807) is 51.4 Å². The molecule has 0 bridgehead atoms. The first kappa shape index (κ1) is 31.1. The summed E-state index contributed by atoms with van der Waals surface area (Å²) < 4.78 is 47.5. The number of hydrogen-bond donors (Lipinski definition) is 1. The van der Waals surface area contributed by atoms with Gasteiger partial charge in [-0.1, -0.05) is 25.1 Å². The molecule has 0 saturated carbocycles. The summed E-state index contributed by atoms with van der Waals surface area (Å²) in [7, 11) is 0.656. The van der Waals surface area contributed by atoms with E-state index in [2.05, 4.69) is 4.98 Å². The second kappa shape index (κ2) is 12.6. The van der Waals surface area contributed by atoms with Gasteiger partial charge in [0.15, 0.2) is 0 Å². The van der Waals surface area contributed by atoms with E-state index in [0.717, 1.165) is 10.4 Å². The van der Waals surface area contributed by atoms with Gasteiger partial charge in [-0.15, -0.1) is 0 Å². The Hall–Kier alpha value is -3.87. The van der Waals surface area contributed by atoms with E-state index < -0.39 is 33.9 Å². The number of carbonyl (C=O) groups excluding carboxylic acids is 2. The summed E-state index contributed by atoms with van der Waals surface area (Å²) in [4.78, 5) is 33.6. The highest BCUT2D eigenvalue weighted by Gasteiger charge is 2.36. The van der Waals surface area contributed by atoms with Crippen LogP contribution in [0.4, 0.5) is 4.39 Å². The number of aliphatic hydroxyl groups excluding tert-OH is 1. The number of pyridine rings is 1. The van der Waals surface area contributed by atoms with Gasteiger partial charge in [0.2, 0.25) is 15.9 Å². The van der Waals surface area contributed by atoms with Gasteiger partial charge in [0.25, 0.3) is 11.8 Å². The van der Waals surface area contributed by atoms with E-state index in [0.29, 0.717) is 16.7 Å². The summed E-state index contributed by atoms with van der Waals surface area (Å²) in [5.74, 6) is -1.58. The molecule has 1 aromatic heterocycles. The molecule has 42 heavy (non-hydrogen) atoms. The van der Waals surface area contributed by atoms with Gasteiger partial charge in [0.1, 0.15) is 17.5 Å². The molecule has 0 unspecified atom stereocenters. The van der Waals surface area contributed by atoms with Crippen LogP contribution in [0.2, 0.25) is 0 Å². The number of amides is 2. The van der Waals surface area contributed by atoms with Gasteiger partial charge in [-0.3, -0.25) is 9.59 Å². The Kier molecular flexibility index (Phi) is 9.29. The average Bonchev–Trinajstić information content (AvgIpc) is 2.97. The van der Waals surface area contributed by atoms with Crippen molar-refractivity contribution in [1.82, 2.24) is 19.1 Å². The molecule has 0 saturated heterocycles. The molecule has 0 aliphatic carbocycles. The molecule has 2 heterocycles. The second-order valence-electron chi connectivity index (χ2n) is 10.7. The SMILES string of the molecule is C[C@H](CO)N1C[C@H](C)[C@H](CN(C)S(=O)(=O)c2cccc(F)c2)Oc2ncc(-c3cccc(C(=O)N(C)C)c3)cc2C1=O. The molecule has 3 aromatic rings. The minimum Gasteiger partial charge on any atom is -0.472 e. The number of hydrogen-bond acceptors (Lipinski definition) is 7. The topological polar surface area (TPSA) is 120 Å². The van der Waals surface area contributed by atoms with Gasteiger partial charge in [-0.2, -0.15) is 4.31 Å². The molecule has 0 radical (unpaired) electrons. The van der Waals surface area contributed by atoms with Gasteiger partial charge in [0, 0.05) is 50.9 Å². The molecule has 0 fully saturated rings. The fraction of sp³-hybridized carbons (Fsp3) is 0.367. The summed E-state index contributed by atoms with van der Waals surface area (Å²) in [5, 5.41) is 9.93. The fourth-order valence-corrected chi connectivity index (χ4v) is 5.94. The lowest BCUT2D eigenvalue weighted by Crippen LogP contribution is -2.50. The first-order valence-electron chi connectivity index (χ1n) is 13.5. The van der Waals surface area contributed by atoms with Crippen molar-refractivity contribution < 1.29 is 32.2 Å². The quantitative estimate of drug-likeness (QED) is 0.423. The number of carbonyl (C=O) groups is 2. The molecule has 1 aliphatic heterocycles. The number of aliphatic hydroxyl groups is 1. The summed E-state index contributed by atoms with van der Waals surface area (Å²) in [6, 6.07) is 12.8. The van der Waals surface area contributed by atoms with Crippen molar-refractivity contribution in [3.63, 3.8) is 0 Å². The Morgan fingerprint density at radius 2 is 1.86 bits per heavy atom. The number of rotatable bonds is 8. The summed E-state index contributed by atoms with van der Waals surface area (Å²) in [5.41, 5.74) is 1.86. The first-order valence-corrected chi connectivity index (χ1v) is 14.9. The molecule has 4 rings (SSSR count). The van der Waals surface area contributed by atoms with Gasteiger partial charge in [0.05, 0.1) is 24.1 Å². The minimum atomic E-state index is -4.05. The van der Waals surface area contributed by atoms with E-state index in [-0.39, 0.29) is 47.9 Å². The van der Waals surface area contributed by atoms with Gasteiger partial charge in [-0.05, 0) is 48.9 Å². The lowest BCUT2D eigenvalue weighted by molar-refractivity contribution is 0.0373. The van der Waals surface area contributed by atoms with Gasteiger partial charge < -0.3 is 19.6 Å². The van der Waals surface area contributed by atoms with Crippen LogP contribution in [0, 0.1) is 11.7 Å². The van der Waals surface area contributed by atoms with Crippen molar-refractivity contribution in [2.45, 2.75) is 30.9 Å². The fourth-order valence-electron chi connectivity index (χ4n) is 4.73. The summed E-state index contributed by atoms with van der Waals surface area (Å²) in [6.45, 7) is 3.33. The number of aromatic nitrogens is 1. The third-order valence-electron chi connectivity index (χ3n) is 7.31. The zero-order valence-electron chi connectivity index (χ0n) is 24.2. The highest BCUT2D eigenvalue weighted by molar-refractivity contribution is 7.89. The number of ether oxygens (including phenoxy) is 1. The maximum atomic E-state index is 13.8. The molecule has 224 valence electrons. The number of nitrogens with zero attached hydrogens (tertiary/aromatic N) is 4. The smallest absolute Gasteiger partial charge is 0.259 e. The van der Waals surface area contributed by atoms with Crippen molar-refractivity contribution in [3.8, 4) is 17.0 Å². The molecule has 1 N–H and O–H groups in total.